The third-order valence-electron chi connectivity index (χ3n) is 5.31. The molecule has 11 heteroatoms. The van der Waals surface area contributed by atoms with E-state index in [2.05, 4.69) is 9.94 Å². The van der Waals surface area contributed by atoms with Crippen LogP contribution < -0.4 is 11.2 Å². The van der Waals surface area contributed by atoms with E-state index < -0.39 is 28.8 Å². The van der Waals surface area contributed by atoms with Crippen LogP contribution in [-0.2, 0) is 13.2 Å². The quantitative estimate of drug-likeness (QED) is 0.330. The fraction of sp³-hybridized carbons (Fsp3) is 0.130. The van der Waals surface area contributed by atoms with Gasteiger partial charge in [0.05, 0.1) is 35.3 Å². The maximum atomic E-state index is 15.0. The van der Waals surface area contributed by atoms with Crippen molar-refractivity contribution in [3.63, 3.8) is 0 Å². The topological polar surface area (TPSA) is 66.2 Å². The molecule has 2 aromatic heterocycles. The number of hydrogen-bond donors (Lipinski definition) is 0. The highest BCUT2D eigenvalue weighted by Crippen LogP contribution is 2.31. The highest BCUT2D eigenvalue weighted by molar-refractivity contribution is 5.65. The number of aromatic nitrogens is 4. The highest BCUT2D eigenvalue weighted by atomic mass is 19.4. The van der Waals surface area contributed by atoms with Crippen LogP contribution in [0.2, 0.25) is 0 Å². The third kappa shape index (κ3) is 3.69. The molecule has 7 nitrogen and oxygen atoms in total. The molecule has 0 saturated carbocycles. The molecule has 0 unspecified atom stereocenters. The Kier molecular flexibility index (Phi) is 5.45. The second kappa shape index (κ2) is 8.15. The molecular weight excluding hydrogens is 454 g/mol. The van der Waals surface area contributed by atoms with Crippen LogP contribution in [-0.4, -0.2) is 18.9 Å². The zero-order chi connectivity index (χ0) is 24.8. The van der Waals surface area contributed by atoms with Crippen LogP contribution in [0.15, 0.2) is 64.3 Å². The zero-order valence-electron chi connectivity index (χ0n) is 17.8. The lowest BCUT2D eigenvalue weighted by Gasteiger charge is -2.17. The SMILES string of the molecule is [C-]#[N+]c1ccc(-n2ncc(F)c2-c2c(C)n(-c3cccc(C(F)(F)F)c3)c(=O)n(C)c2=O)cc1. The molecule has 4 aromatic rings. The van der Waals surface area contributed by atoms with Gasteiger partial charge < -0.3 is 0 Å². The molecular formula is C23H15F4N5O2. The summed E-state index contributed by atoms with van der Waals surface area (Å²) >= 11 is 0. The second-order valence-electron chi connectivity index (χ2n) is 7.37. The molecule has 0 aliphatic heterocycles. The van der Waals surface area contributed by atoms with E-state index in [4.69, 9.17) is 6.57 Å². The fourth-order valence-corrected chi connectivity index (χ4v) is 3.63. The van der Waals surface area contributed by atoms with Crippen molar-refractivity contribution in [2.45, 2.75) is 13.1 Å². The van der Waals surface area contributed by atoms with Gasteiger partial charge in [0.15, 0.2) is 11.5 Å². The molecule has 34 heavy (non-hydrogen) atoms. The minimum absolute atomic E-state index is 0.0640. The smallest absolute Gasteiger partial charge is 0.268 e. The first kappa shape index (κ1) is 22.7. The van der Waals surface area contributed by atoms with E-state index in [0.717, 1.165) is 40.7 Å². The fourth-order valence-electron chi connectivity index (χ4n) is 3.63. The summed E-state index contributed by atoms with van der Waals surface area (Å²) in [6, 6.07) is 10.0. The molecule has 2 aromatic carbocycles. The normalized spacial score (nSPS) is 11.4. The molecule has 0 amide bonds. The van der Waals surface area contributed by atoms with E-state index in [-0.39, 0.29) is 22.6 Å². The van der Waals surface area contributed by atoms with Gasteiger partial charge in [-0.2, -0.15) is 18.3 Å². The van der Waals surface area contributed by atoms with Crippen molar-refractivity contribution >= 4 is 5.69 Å². The van der Waals surface area contributed by atoms with Gasteiger partial charge >= 0.3 is 11.9 Å². The van der Waals surface area contributed by atoms with Gasteiger partial charge in [-0.25, -0.2) is 18.7 Å². The standard InChI is InChI=1S/C23H15F4N5O2/c1-13-19(20-18(24)12-29-32(20)16-9-7-15(28-2)8-10-16)21(33)30(3)22(34)31(13)17-6-4-5-14(11-17)23(25,26)27/h4-12H,1,3H3. The molecule has 0 radical (unpaired) electrons. The van der Waals surface area contributed by atoms with Crippen LogP contribution >= 0.6 is 0 Å². The molecule has 0 atom stereocenters. The average Bonchev–Trinajstić information content (AvgIpc) is 3.18. The maximum absolute atomic E-state index is 15.0. The van der Waals surface area contributed by atoms with Gasteiger partial charge in [-0.3, -0.25) is 13.9 Å². The number of nitrogens with zero attached hydrogens (tertiary/aromatic N) is 5. The summed E-state index contributed by atoms with van der Waals surface area (Å²) in [7, 11) is 1.15. The molecule has 0 aliphatic carbocycles. The van der Waals surface area contributed by atoms with Crippen LogP contribution in [0.25, 0.3) is 27.5 Å². The maximum Gasteiger partial charge on any atom is 0.416 e. The van der Waals surface area contributed by atoms with E-state index in [0.29, 0.717) is 15.9 Å². The Hall–Kier alpha value is -4.46. The minimum atomic E-state index is -4.65. The molecule has 4 rings (SSSR count). The summed E-state index contributed by atoms with van der Waals surface area (Å²) in [6.07, 6.45) is -3.77. The third-order valence-corrected chi connectivity index (χ3v) is 5.31. The van der Waals surface area contributed by atoms with Crippen LogP contribution in [0.3, 0.4) is 0 Å². The van der Waals surface area contributed by atoms with E-state index in [1.54, 1.807) is 0 Å². The van der Waals surface area contributed by atoms with Gasteiger partial charge in [0, 0.05) is 12.7 Å². The first-order valence-corrected chi connectivity index (χ1v) is 9.76. The summed E-state index contributed by atoms with van der Waals surface area (Å²) in [5, 5.41) is 3.98. The predicted molar refractivity (Wildman–Crippen MR) is 116 cm³/mol. The molecule has 0 N–H and O–H groups in total. The van der Waals surface area contributed by atoms with Crippen molar-refractivity contribution in [2.24, 2.45) is 7.05 Å². The van der Waals surface area contributed by atoms with Gasteiger partial charge in [-0.1, -0.05) is 18.2 Å². The summed E-state index contributed by atoms with van der Waals surface area (Å²) in [5.74, 6) is -0.872. The van der Waals surface area contributed by atoms with Gasteiger partial charge in [0.25, 0.3) is 5.56 Å². The molecule has 2 heterocycles. The molecule has 172 valence electrons. The lowest BCUT2D eigenvalue weighted by Crippen LogP contribution is -2.40. The van der Waals surface area contributed by atoms with Gasteiger partial charge in [-0.05, 0) is 37.3 Å². The lowest BCUT2D eigenvalue weighted by molar-refractivity contribution is -0.137. The Labute approximate surface area is 189 Å². The number of hydrogen-bond acceptors (Lipinski definition) is 3. The number of benzene rings is 2. The minimum Gasteiger partial charge on any atom is -0.268 e. The van der Waals surface area contributed by atoms with Gasteiger partial charge in [0.2, 0.25) is 0 Å². The largest absolute Gasteiger partial charge is 0.416 e. The van der Waals surface area contributed by atoms with Crippen LogP contribution in [0.4, 0.5) is 23.2 Å². The predicted octanol–water partition coefficient (Wildman–Crippen LogP) is 4.41. The first-order valence-electron chi connectivity index (χ1n) is 9.76. The van der Waals surface area contributed by atoms with Crippen molar-refractivity contribution in [3.05, 3.63) is 104 Å². The lowest BCUT2D eigenvalue weighted by atomic mass is 10.1. The number of halogens is 4. The second-order valence-corrected chi connectivity index (χ2v) is 7.37. The van der Waals surface area contributed by atoms with Crippen LogP contribution in [0.5, 0.6) is 0 Å². The Morgan fingerprint density at radius 3 is 2.32 bits per heavy atom. The molecule has 0 bridgehead atoms. The van der Waals surface area contributed by atoms with Crippen molar-refractivity contribution in [2.75, 3.05) is 0 Å². The Morgan fingerprint density at radius 1 is 1.03 bits per heavy atom. The summed E-state index contributed by atoms with van der Waals surface area (Å²) in [4.78, 5) is 29.3. The average molecular weight is 469 g/mol. The van der Waals surface area contributed by atoms with Crippen molar-refractivity contribution in [3.8, 4) is 22.6 Å². The molecule has 0 fully saturated rings. The highest BCUT2D eigenvalue weighted by Gasteiger charge is 2.31. The summed E-state index contributed by atoms with van der Waals surface area (Å²) < 4.78 is 57.5. The molecule has 0 saturated heterocycles. The van der Waals surface area contributed by atoms with Gasteiger partial charge in [0.1, 0.15) is 5.69 Å². The molecule has 0 aliphatic rings. The Morgan fingerprint density at radius 2 is 1.71 bits per heavy atom. The summed E-state index contributed by atoms with van der Waals surface area (Å²) in [6.45, 7) is 8.40. The van der Waals surface area contributed by atoms with E-state index in [1.165, 1.54) is 37.3 Å². The van der Waals surface area contributed by atoms with Crippen LogP contribution in [0.1, 0.15) is 11.3 Å². The van der Waals surface area contributed by atoms with E-state index in [9.17, 15) is 27.2 Å². The van der Waals surface area contributed by atoms with Crippen molar-refractivity contribution < 1.29 is 17.6 Å². The zero-order valence-corrected chi connectivity index (χ0v) is 17.8. The summed E-state index contributed by atoms with van der Waals surface area (Å²) in [5.41, 5.74) is -2.76. The monoisotopic (exact) mass is 469 g/mol. The Balaban J connectivity index is 2.02. The van der Waals surface area contributed by atoms with E-state index >= 15 is 0 Å². The van der Waals surface area contributed by atoms with E-state index in [1.807, 2.05) is 0 Å². The number of rotatable bonds is 3. The first-order chi connectivity index (χ1) is 16.0. The molecule has 0 spiro atoms. The van der Waals surface area contributed by atoms with Crippen LogP contribution in [0, 0.1) is 19.3 Å². The number of alkyl halides is 3. The Bertz CT molecular complexity index is 1570. The van der Waals surface area contributed by atoms with Crippen molar-refractivity contribution in [1.82, 2.24) is 18.9 Å². The van der Waals surface area contributed by atoms with Gasteiger partial charge in [-0.15, -0.1) is 0 Å². The van der Waals surface area contributed by atoms with Crippen molar-refractivity contribution in [1.29, 1.82) is 0 Å².